The number of benzene rings is 2. The van der Waals surface area contributed by atoms with Gasteiger partial charge in [-0.05, 0) is 17.7 Å². The summed E-state index contributed by atoms with van der Waals surface area (Å²) in [5.41, 5.74) is -0.852. The monoisotopic (exact) mass is 305 g/mol. The molecule has 0 spiro atoms. The third-order valence-corrected chi connectivity index (χ3v) is 2.65. The molecule has 104 valence electrons. The van der Waals surface area contributed by atoms with Crippen LogP contribution in [0.5, 0.6) is 0 Å². The second-order valence-electron chi connectivity index (χ2n) is 3.73. The first-order valence-corrected chi connectivity index (χ1v) is 5.60. The Labute approximate surface area is 115 Å². The molecule has 0 aromatic heterocycles. The van der Waals surface area contributed by atoms with Crippen molar-refractivity contribution in [2.45, 2.75) is 0 Å². The fourth-order valence-corrected chi connectivity index (χ4v) is 1.52. The van der Waals surface area contributed by atoms with E-state index in [1.165, 1.54) is 24.3 Å². The minimum atomic E-state index is -2.22. The number of rotatable bonds is 2. The van der Waals surface area contributed by atoms with Crippen LogP contribution in [0.4, 0.5) is 27.6 Å². The van der Waals surface area contributed by atoms with Crippen molar-refractivity contribution in [3.05, 3.63) is 63.9 Å². The lowest BCUT2D eigenvalue weighted by molar-refractivity contribution is 0.381. The van der Waals surface area contributed by atoms with Crippen molar-refractivity contribution in [2.24, 2.45) is 4.99 Å². The summed E-state index contributed by atoms with van der Waals surface area (Å²) < 4.78 is 65.3. The maximum Gasteiger partial charge on any atom is 0.200 e. The van der Waals surface area contributed by atoms with Gasteiger partial charge in [-0.3, -0.25) is 0 Å². The van der Waals surface area contributed by atoms with Crippen molar-refractivity contribution < 1.29 is 22.0 Å². The molecule has 0 aliphatic rings. The molecule has 0 aliphatic heterocycles. The average Bonchev–Trinajstić information content (AvgIpc) is 2.45. The van der Waals surface area contributed by atoms with Gasteiger partial charge in [0.2, 0.25) is 5.82 Å². The zero-order chi connectivity index (χ0) is 14.9. The molecule has 0 saturated carbocycles. The number of hydrogen-bond donors (Lipinski definition) is 0. The molecule has 2 rings (SSSR count). The van der Waals surface area contributed by atoms with Crippen LogP contribution in [-0.2, 0) is 0 Å². The topological polar surface area (TPSA) is 12.4 Å². The third-order valence-electron chi connectivity index (χ3n) is 2.40. The quantitative estimate of drug-likeness (QED) is 0.327. The van der Waals surface area contributed by atoms with Gasteiger partial charge in [-0.25, -0.2) is 26.9 Å². The molecule has 0 aliphatic carbocycles. The SMILES string of the molecule is Fc1c(F)c(F)c(N=Cc2ccc(Cl)cc2)c(F)c1F. The molecule has 0 bridgehead atoms. The first kappa shape index (κ1) is 14.5. The number of nitrogens with zero attached hydrogens (tertiary/aromatic N) is 1. The van der Waals surface area contributed by atoms with E-state index in [4.69, 9.17) is 11.6 Å². The molecule has 0 N–H and O–H groups in total. The van der Waals surface area contributed by atoms with Crippen molar-refractivity contribution in [1.29, 1.82) is 0 Å². The standard InChI is InChI=1S/C13H5ClF5N/c14-7-3-1-6(2-4-7)5-20-13-11(18)9(16)8(15)10(17)12(13)19/h1-5H. The highest BCUT2D eigenvalue weighted by Gasteiger charge is 2.25. The van der Waals surface area contributed by atoms with Gasteiger partial charge in [-0.1, -0.05) is 23.7 Å². The minimum Gasteiger partial charge on any atom is -0.250 e. The molecule has 20 heavy (non-hydrogen) atoms. The predicted octanol–water partition coefficient (Wildman–Crippen LogP) is 4.79. The van der Waals surface area contributed by atoms with Gasteiger partial charge in [0.15, 0.2) is 23.3 Å². The minimum absolute atomic E-state index is 0.387. The molecule has 0 heterocycles. The van der Waals surface area contributed by atoms with Crippen LogP contribution < -0.4 is 0 Å². The second kappa shape index (κ2) is 5.58. The molecule has 0 atom stereocenters. The first-order valence-electron chi connectivity index (χ1n) is 5.23. The predicted molar refractivity (Wildman–Crippen MR) is 64.9 cm³/mol. The third kappa shape index (κ3) is 2.65. The highest BCUT2D eigenvalue weighted by molar-refractivity contribution is 6.30. The summed E-state index contributed by atoms with van der Waals surface area (Å²) in [6, 6.07) is 5.92. The molecular weight excluding hydrogens is 301 g/mol. The van der Waals surface area contributed by atoms with Gasteiger partial charge >= 0.3 is 0 Å². The van der Waals surface area contributed by atoms with Crippen LogP contribution in [-0.4, -0.2) is 6.21 Å². The van der Waals surface area contributed by atoms with Crippen LogP contribution in [0.3, 0.4) is 0 Å². The highest BCUT2D eigenvalue weighted by Crippen LogP contribution is 2.29. The van der Waals surface area contributed by atoms with Gasteiger partial charge in [0.25, 0.3) is 0 Å². The molecule has 2 aromatic carbocycles. The summed E-state index contributed by atoms with van der Waals surface area (Å²) in [6.07, 6.45) is 0.967. The maximum atomic E-state index is 13.3. The Bertz CT molecular complexity index is 653. The summed E-state index contributed by atoms with van der Waals surface area (Å²) in [5.74, 6) is -10.2. The Morgan fingerprint density at radius 2 is 1.20 bits per heavy atom. The Morgan fingerprint density at radius 1 is 0.750 bits per heavy atom. The Balaban J connectivity index is 2.46. The Kier molecular flexibility index (Phi) is 4.04. The smallest absolute Gasteiger partial charge is 0.200 e. The van der Waals surface area contributed by atoms with Crippen LogP contribution in [0.25, 0.3) is 0 Å². The molecule has 1 nitrogen and oxygen atoms in total. The molecule has 7 heteroatoms. The number of aliphatic imine (C=N–C) groups is 1. The summed E-state index contributed by atoms with van der Waals surface area (Å²) in [7, 11) is 0. The fraction of sp³-hybridized carbons (Fsp3) is 0. The average molecular weight is 306 g/mol. The van der Waals surface area contributed by atoms with Gasteiger partial charge in [0.1, 0.15) is 5.69 Å². The lowest BCUT2D eigenvalue weighted by Gasteiger charge is -2.03. The van der Waals surface area contributed by atoms with Gasteiger partial charge < -0.3 is 0 Å². The molecular formula is C13H5ClF5N. The molecule has 0 amide bonds. The van der Waals surface area contributed by atoms with Crippen molar-refractivity contribution in [2.75, 3.05) is 0 Å². The zero-order valence-electron chi connectivity index (χ0n) is 9.60. The van der Waals surface area contributed by atoms with E-state index in [2.05, 4.69) is 4.99 Å². The van der Waals surface area contributed by atoms with Crippen molar-refractivity contribution in [1.82, 2.24) is 0 Å². The molecule has 0 saturated heterocycles. The van der Waals surface area contributed by atoms with Crippen LogP contribution in [0, 0.1) is 29.1 Å². The van der Waals surface area contributed by atoms with Crippen molar-refractivity contribution in [3.8, 4) is 0 Å². The van der Waals surface area contributed by atoms with Crippen LogP contribution in [0.1, 0.15) is 5.56 Å². The highest BCUT2D eigenvalue weighted by atomic mass is 35.5. The van der Waals surface area contributed by atoms with E-state index in [0.717, 1.165) is 6.21 Å². The van der Waals surface area contributed by atoms with E-state index >= 15 is 0 Å². The summed E-state index contributed by atoms with van der Waals surface area (Å²) in [4.78, 5) is 3.30. The van der Waals surface area contributed by atoms with Gasteiger partial charge in [0, 0.05) is 11.2 Å². The van der Waals surface area contributed by atoms with E-state index in [0.29, 0.717) is 10.6 Å². The van der Waals surface area contributed by atoms with Gasteiger partial charge in [0.05, 0.1) is 0 Å². The molecule has 0 fully saturated rings. The molecule has 2 aromatic rings. The maximum absolute atomic E-state index is 13.3. The lowest BCUT2D eigenvalue weighted by atomic mass is 10.2. The fourth-order valence-electron chi connectivity index (χ4n) is 1.39. The largest absolute Gasteiger partial charge is 0.250 e. The van der Waals surface area contributed by atoms with Crippen LogP contribution >= 0.6 is 11.6 Å². The van der Waals surface area contributed by atoms with Crippen LogP contribution in [0.15, 0.2) is 29.3 Å². The van der Waals surface area contributed by atoms with Crippen molar-refractivity contribution in [3.63, 3.8) is 0 Å². The Morgan fingerprint density at radius 3 is 1.70 bits per heavy atom. The normalized spacial score (nSPS) is 11.3. The number of halogens is 6. The van der Waals surface area contributed by atoms with E-state index in [-0.39, 0.29) is 0 Å². The lowest BCUT2D eigenvalue weighted by Crippen LogP contribution is -2.00. The summed E-state index contributed by atoms with van der Waals surface area (Å²) >= 11 is 5.63. The van der Waals surface area contributed by atoms with E-state index in [1.807, 2.05) is 0 Å². The van der Waals surface area contributed by atoms with E-state index < -0.39 is 34.8 Å². The van der Waals surface area contributed by atoms with Gasteiger partial charge in [-0.2, -0.15) is 0 Å². The zero-order valence-corrected chi connectivity index (χ0v) is 10.4. The first-order chi connectivity index (χ1) is 9.41. The number of hydrogen-bond acceptors (Lipinski definition) is 1. The molecule has 0 unspecified atom stereocenters. The van der Waals surface area contributed by atoms with E-state index in [9.17, 15) is 22.0 Å². The summed E-state index contributed by atoms with van der Waals surface area (Å²) in [5, 5.41) is 0.429. The van der Waals surface area contributed by atoms with Crippen molar-refractivity contribution >= 4 is 23.5 Å². The Hall–Kier alpha value is -1.95. The summed E-state index contributed by atoms with van der Waals surface area (Å²) in [6.45, 7) is 0. The molecule has 0 radical (unpaired) electrons. The van der Waals surface area contributed by atoms with Crippen LogP contribution in [0.2, 0.25) is 5.02 Å². The van der Waals surface area contributed by atoms with E-state index in [1.54, 1.807) is 0 Å². The second-order valence-corrected chi connectivity index (χ2v) is 4.16. The van der Waals surface area contributed by atoms with Gasteiger partial charge in [-0.15, -0.1) is 0 Å².